The second kappa shape index (κ2) is 5.85. The van der Waals surface area contributed by atoms with Crippen molar-refractivity contribution in [3.8, 4) is 17.9 Å². The van der Waals surface area contributed by atoms with E-state index in [4.69, 9.17) is 5.26 Å². The lowest BCUT2D eigenvalue weighted by Gasteiger charge is -1.96. The van der Waals surface area contributed by atoms with Crippen molar-refractivity contribution in [3.63, 3.8) is 0 Å². The second-order valence-electron chi connectivity index (χ2n) is 4.11. The van der Waals surface area contributed by atoms with Crippen molar-refractivity contribution in [1.29, 1.82) is 5.26 Å². The van der Waals surface area contributed by atoms with Crippen LogP contribution in [-0.4, -0.2) is 0 Å². The molecule has 2 rings (SSSR count). The Balaban J connectivity index is 2.26. The van der Waals surface area contributed by atoms with Crippen molar-refractivity contribution >= 4 is 0 Å². The van der Waals surface area contributed by atoms with E-state index in [1.807, 2.05) is 30.3 Å². The largest absolute Gasteiger partial charge is 0.206 e. The van der Waals surface area contributed by atoms with Crippen LogP contribution in [0.2, 0.25) is 0 Å². The minimum atomic E-state index is -0.461. The fraction of sp³-hybridized carbons (Fsp3) is 0.118. The molecule has 0 heterocycles. The number of rotatable bonds is 1. The summed E-state index contributed by atoms with van der Waals surface area (Å²) >= 11 is 0. The van der Waals surface area contributed by atoms with Gasteiger partial charge in [0.05, 0.1) is 17.2 Å². The molecule has 0 saturated heterocycles. The molecule has 92 valence electrons. The molecule has 0 aliphatic heterocycles. The van der Waals surface area contributed by atoms with Crippen LogP contribution in [0, 0.1) is 29.0 Å². The molecule has 2 aromatic rings. The summed E-state index contributed by atoms with van der Waals surface area (Å²) in [4.78, 5) is 0. The fourth-order valence-electron chi connectivity index (χ4n) is 1.65. The monoisotopic (exact) mass is 249 g/mol. The normalized spacial score (nSPS) is 9.32. The van der Waals surface area contributed by atoms with E-state index in [9.17, 15) is 4.39 Å². The molecule has 0 spiro atoms. The molecule has 0 aromatic heterocycles. The predicted octanol–water partition coefficient (Wildman–Crippen LogP) is 3.66. The van der Waals surface area contributed by atoms with Gasteiger partial charge in [-0.3, -0.25) is 0 Å². The lowest BCUT2D eigenvalue weighted by Crippen LogP contribution is -1.86. The first kappa shape index (κ1) is 12.9. The molecule has 0 bridgehead atoms. The maximum absolute atomic E-state index is 13.6. The van der Waals surface area contributed by atoms with E-state index in [0.29, 0.717) is 11.1 Å². The summed E-state index contributed by atoms with van der Waals surface area (Å²) in [7, 11) is 0. The second-order valence-corrected chi connectivity index (χ2v) is 4.11. The van der Waals surface area contributed by atoms with Crippen LogP contribution in [0.4, 0.5) is 4.39 Å². The van der Waals surface area contributed by atoms with Crippen LogP contribution in [0.25, 0.3) is 0 Å². The zero-order valence-corrected chi connectivity index (χ0v) is 10.6. The fourth-order valence-corrected chi connectivity index (χ4v) is 1.65. The van der Waals surface area contributed by atoms with Gasteiger partial charge in [0.1, 0.15) is 5.82 Å². The van der Waals surface area contributed by atoms with Crippen molar-refractivity contribution < 1.29 is 4.39 Å². The maximum atomic E-state index is 13.6. The van der Waals surface area contributed by atoms with Crippen LogP contribution in [0.3, 0.4) is 0 Å². The zero-order chi connectivity index (χ0) is 13.7. The number of benzene rings is 2. The molecule has 0 fully saturated rings. The zero-order valence-electron chi connectivity index (χ0n) is 10.6. The van der Waals surface area contributed by atoms with Gasteiger partial charge in [-0.15, -0.1) is 0 Å². The Morgan fingerprint density at radius 2 is 1.68 bits per heavy atom. The lowest BCUT2D eigenvalue weighted by atomic mass is 10.1. The highest BCUT2D eigenvalue weighted by molar-refractivity contribution is 5.46. The minimum absolute atomic E-state index is 0.301. The number of nitrogens with zero attached hydrogens (tertiary/aromatic N) is 1. The van der Waals surface area contributed by atoms with Gasteiger partial charge in [0.15, 0.2) is 0 Å². The maximum Gasteiger partial charge on any atom is 0.140 e. The third-order valence-electron chi connectivity index (χ3n) is 2.80. The molecule has 0 radical (unpaired) electrons. The average molecular weight is 249 g/mol. The predicted molar refractivity (Wildman–Crippen MR) is 72.9 cm³/mol. The van der Waals surface area contributed by atoms with Gasteiger partial charge in [-0.05, 0) is 42.3 Å². The van der Waals surface area contributed by atoms with Gasteiger partial charge in [0.25, 0.3) is 0 Å². The molecule has 0 aliphatic carbocycles. The van der Waals surface area contributed by atoms with E-state index in [1.54, 1.807) is 6.07 Å². The average Bonchev–Trinajstić information content (AvgIpc) is 2.46. The summed E-state index contributed by atoms with van der Waals surface area (Å²) in [5.41, 5.74) is 2.70. The van der Waals surface area contributed by atoms with Crippen molar-refractivity contribution in [2.24, 2.45) is 0 Å². The Morgan fingerprint density at radius 1 is 1.00 bits per heavy atom. The van der Waals surface area contributed by atoms with E-state index in [-0.39, 0.29) is 0 Å². The Labute approximate surface area is 112 Å². The molecule has 0 aliphatic rings. The third-order valence-corrected chi connectivity index (χ3v) is 2.80. The quantitative estimate of drug-likeness (QED) is 0.707. The van der Waals surface area contributed by atoms with E-state index in [2.05, 4.69) is 18.8 Å². The number of halogens is 1. The number of hydrogen-bond donors (Lipinski definition) is 0. The Bertz CT molecular complexity index is 682. The van der Waals surface area contributed by atoms with Crippen molar-refractivity contribution in [3.05, 3.63) is 70.5 Å². The van der Waals surface area contributed by atoms with Crippen molar-refractivity contribution in [2.45, 2.75) is 13.3 Å². The summed E-state index contributed by atoms with van der Waals surface area (Å²) in [6, 6.07) is 14.1. The molecule has 19 heavy (non-hydrogen) atoms. The summed E-state index contributed by atoms with van der Waals surface area (Å²) in [6.45, 7) is 2.09. The van der Waals surface area contributed by atoms with Crippen LogP contribution in [-0.2, 0) is 6.42 Å². The standard InChI is InChI=1S/C17H12FN/c1-2-13-3-5-14(6-4-13)7-9-16-10-8-15(12-19)11-17(16)18/h3-6,8,10-11H,2H2,1H3. The summed E-state index contributed by atoms with van der Waals surface area (Å²) in [6.07, 6.45) is 0.984. The first-order valence-corrected chi connectivity index (χ1v) is 6.03. The Hall–Kier alpha value is -2.58. The Kier molecular flexibility index (Phi) is 3.96. The van der Waals surface area contributed by atoms with E-state index in [1.165, 1.54) is 17.7 Å². The van der Waals surface area contributed by atoms with Crippen LogP contribution in [0.5, 0.6) is 0 Å². The van der Waals surface area contributed by atoms with E-state index >= 15 is 0 Å². The lowest BCUT2D eigenvalue weighted by molar-refractivity contribution is 0.624. The van der Waals surface area contributed by atoms with Crippen LogP contribution in [0.1, 0.15) is 29.2 Å². The summed E-state index contributed by atoms with van der Waals surface area (Å²) in [5.74, 6) is 5.24. The number of nitriles is 1. The molecular formula is C17H12FN. The highest BCUT2D eigenvalue weighted by atomic mass is 19.1. The van der Waals surface area contributed by atoms with Gasteiger partial charge in [-0.2, -0.15) is 5.26 Å². The number of hydrogen-bond acceptors (Lipinski definition) is 1. The van der Waals surface area contributed by atoms with Crippen LogP contribution in [0.15, 0.2) is 42.5 Å². The molecule has 2 heteroatoms. The highest BCUT2D eigenvalue weighted by Crippen LogP contribution is 2.09. The van der Waals surface area contributed by atoms with Gasteiger partial charge in [0, 0.05) is 5.56 Å². The molecule has 1 nitrogen and oxygen atoms in total. The van der Waals surface area contributed by atoms with Crippen LogP contribution >= 0.6 is 0 Å². The summed E-state index contributed by atoms with van der Waals surface area (Å²) < 4.78 is 13.6. The van der Waals surface area contributed by atoms with E-state index < -0.39 is 5.82 Å². The molecule has 0 N–H and O–H groups in total. The molecule has 0 amide bonds. The van der Waals surface area contributed by atoms with Crippen molar-refractivity contribution in [2.75, 3.05) is 0 Å². The van der Waals surface area contributed by atoms with E-state index in [0.717, 1.165) is 12.0 Å². The molecule has 2 aromatic carbocycles. The highest BCUT2D eigenvalue weighted by Gasteiger charge is 2.00. The van der Waals surface area contributed by atoms with Gasteiger partial charge in [-0.25, -0.2) is 4.39 Å². The molecule has 0 atom stereocenters. The summed E-state index contributed by atoms with van der Waals surface area (Å²) in [5, 5.41) is 8.66. The SMILES string of the molecule is CCc1ccc(C#Cc2ccc(C#N)cc2F)cc1. The smallest absolute Gasteiger partial charge is 0.140 e. The van der Waals surface area contributed by atoms with Gasteiger partial charge >= 0.3 is 0 Å². The van der Waals surface area contributed by atoms with Gasteiger partial charge in [-0.1, -0.05) is 30.9 Å². The van der Waals surface area contributed by atoms with Gasteiger partial charge < -0.3 is 0 Å². The third kappa shape index (κ3) is 3.21. The topological polar surface area (TPSA) is 23.8 Å². The molecular weight excluding hydrogens is 237 g/mol. The minimum Gasteiger partial charge on any atom is -0.206 e. The first-order chi connectivity index (χ1) is 9.22. The molecule has 0 unspecified atom stereocenters. The molecule has 0 saturated carbocycles. The number of aryl methyl sites for hydroxylation is 1. The van der Waals surface area contributed by atoms with Crippen molar-refractivity contribution in [1.82, 2.24) is 0 Å². The van der Waals surface area contributed by atoms with Crippen LogP contribution < -0.4 is 0 Å². The Morgan fingerprint density at radius 3 is 2.26 bits per heavy atom. The van der Waals surface area contributed by atoms with Gasteiger partial charge in [0.2, 0.25) is 0 Å². The first-order valence-electron chi connectivity index (χ1n) is 6.03.